The van der Waals surface area contributed by atoms with E-state index >= 15 is 0 Å². The number of hydrogen-bond acceptors (Lipinski definition) is 7. The van der Waals surface area contributed by atoms with Crippen molar-refractivity contribution in [3.8, 4) is 22.9 Å². The summed E-state index contributed by atoms with van der Waals surface area (Å²) in [4.78, 5) is 12.0. The summed E-state index contributed by atoms with van der Waals surface area (Å²) in [7, 11) is 0. The Kier molecular flexibility index (Phi) is 7.94. The molecule has 1 aliphatic heterocycles. The van der Waals surface area contributed by atoms with Gasteiger partial charge in [0.05, 0.1) is 17.3 Å². The van der Waals surface area contributed by atoms with Crippen LogP contribution >= 0.6 is 22.9 Å². The average molecular weight is 489 g/mol. The van der Waals surface area contributed by atoms with Gasteiger partial charge in [-0.15, -0.1) is 11.3 Å². The lowest BCUT2D eigenvalue weighted by Gasteiger charge is -2.26. The van der Waals surface area contributed by atoms with Crippen molar-refractivity contribution in [2.45, 2.75) is 59.1 Å². The molecule has 3 heterocycles. The zero-order valence-electron chi connectivity index (χ0n) is 19.9. The van der Waals surface area contributed by atoms with Crippen molar-refractivity contribution in [2.24, 2.45) is 0 Å². The highest BCUT2D eigenvalue weighted by Crippen LogP contribution is 2.39. The van der Waals surface area contributed by atoms with Gasteiger partial charge in [-0.25, -0.2) is 9.97 Å². The van der Waals surface area contributed by atoms with Crippen LogP contribution in [0.4, 0.5) is 5.13 Å². The number of likely N-dealkylation sites (tertiary alicyclic amines) is 1. The molecule has 33 heavy (non-hydrogen) atoms. The predicted octanol–water partition coefficient (Wildman–Crippen LogP) is 6.48. The van der Waals surface area contributed by atoms with Gasteiger partial charge in [0.25, 0.3) is 0 Å². The number of pyridine rings is 1. The summed E-state index contributed by atoms with van der Waals surface area (Å²) >= 11 is 8.38. The number of piperidine rings is 1. The van der Waals surface area contributed by atoms with Crippen LogP contribution in [0.1, 0.15) is 47.0 Å². The van der Waals surface area contributed by atoms with Crippen molar-refractivity contribution in [2.75, 3.05) is 31.6 Å². The Hall–Kier alpha value is -2.09. The number of anilines is 1. The second-order valence-corrected chi connectivity index (χ2v) is 10.3. The summed E-state index contributed by atoms with van der Waals surface area (Å²) in [5.74, 6) is 1.40. The first-order valence-corrected chi connectivity index (χ1v) is 13.0. The molecule has 6 nitrogen and oxygen atoms in total. The highest BCUT2D eigenvalue weighted by molar-refractivity contribution is 7.14. The highest BCUT2D eigenvalue weighted by atomic mass is 35.5. The maximum Gasteiger partial charge on any atom is 0.183 e. The minimum atomic E-state index is 0.0243. The average Bonchev–Trinajstić information content (AvgIpc) is 3.23. The molecule has 0 atom stereocenters. The molecular weight excluding hydrogens is 456 g/mol. The van der Waals surface area contributed by atoms with Gasteiger partial charge in [0, 0.05) is 29.4 Å². The number of fused-ring (bicyclic) bond motifs is 1. The second kappa shape index (κ2) is 10.9. The molecule has 0 bridgehead atoms. The molecule has 1 fully saturated rings. The Morgan fingerprint density at radius 2 is 1.85 bits per heavy atom. The van der Waals surface area contributed by atoms with Crippen LogP contribution in [-0.4, -0.2) is 53.3 Å². The smallest absolute Gasteiger partial charge is 0.183 e. The van der Waals surface area contributed by atoms with Gasteiger partial charge in [0.15, 0.2) is 5.13 Å². The quantitative estimate of drug-likeness (QED) is 0.371. The fourth-order valence-electron chi connectivity index (χ4n) is 3.98. The van der Waals surface area contributed by atoms with Gasteiger partial charge in [-0.2, -0.15) is 0 Å². The Labute approximate surface area is 205 Å². The first-order valence-electron chi connectivity index (χ1n) is 11.8. The number of halogens is 1. The molecule has 178 valence electrons. The lowest BCUT2D eigenvalue weighted by atomic mass is 10.1. The Morgan fingerprint density at radius 3 is 2.58 bits per heavy atom. The molecule has 1 N–H and O–H groups in total. The van der Waals surface area contributed by atoms with E-state index in [1.165, 1.54) is 19.3 Å². The van der Waals surface area contributed by atoms with E-state index in [9.17, 15) is 0 Å². The SMILES string of the molecule is CC(C)Nc1nc(-c2cc(OC(C)C)c3ccc(OCCN4CCCCC4)c(Cl)c3n2)cs1. The van der Waals surface area contributed by atoms with Crippen molar-refractivity contribution in [1.82, 2.24) is 14.9 Å². The molecule has 4 rings (SSSR count). The standard InChI is InChI=1S/C25H33ClN4O2S/c1-16(2)27-25-29-20(15-33-25)19-14-22(32-17(3)4)18-8-9-21(23(26)24(18)28-19)31-13-12-30-10-6-5-7-11-30/h8-9,14-17H,5-7,10-13H2,1-4H3,(H,27,29). The van der Waals surface area contributed by atoms with E-state index in [0.717, 1.165) is 47.3 Å². The van der Waals surface area contributed by atoms with Crippen LogP contribution in [0.2, 0.25) is 5.02 Å². The molecule has 8 heteroatoms. The van der Waals surface area contributed by atoms with E-state index in [1.54, 1.807) is 11.3 Å². The summed E-state index contributed by atoms with van der Waals surface area (Å²) in [6, 6.07) is 6.17. The first kappa shape index (κ1) is 24.0. The van der Waals surface area contributed by atoms with Crippen LogP contribution < -0.4 is 14.8 Å². The zero-order chi connectivity index (χ0) is 23.4. The number of nitrogens with zero attached hydrogens (tertiary/aromatic N) is 3. The Morgan fingerprint density at radius 1 is 1.06 bits per heavy atom. The minimum Gasteiger partial charge on any atom is -0.491 e. The topological polar surface area (TPSA) is 59.5 Å². The van der Waals surface area contributed by atoms with Gasteiger partial charge in [-0.05, 0) is 65.8 Å². The molecule has 1 saturated heterocycles. The number of aromatic nitrogens is 2. The van der Waals surface area contributed by atoms with Gasteiger partial charge in [-0.1, -0.05) is 18.0 Å². The first-order chi connectivity index (χ1) is 15.9. The molecule has 0 radical (unpaired) electrons. The summed E-state index contributed by atoms with van der Waals surface area (Å²) in [6.07, 6.45) is 3.90. The lowest BCUT2D eigenvalue weighted by Crippen LogP contribution is -2.33. The van der Waals surface area contributed by atoms with Crippen molar-refractivity contribution in [3.63, 3.8) is 0 Å². The molecule has 0 aliphatic carbocycles. The minimum absolute atomic E-state index is 0.0243. The number of benzene rings is 1. The van der Waals surface area contributed by atoms with E-state index in [4.69, 9.17) is 31.0 Å². The normalized spacial score (nSPS) is 14.9. The monoisotopic (exact) mass is 488 g/mol. The molecule has 1 aliphatic rings. The van der Waals surface area contributed by atoms with Crippen LogP contribution in [0.3, 0.4) is 0 Å². The number of nitrogens with one attached hydrogen (secondary N) is 1. The number of rotatable bonds is 9. The summed E-state index contributed by atoms with van der Waals surface area (Å²) in [6.45, 7) is 12.0. The van der Waals surface area contributed by atoms with E-state index < -0.39 is 0 Å². The third-order valence-electron chi connectivity index (χ3n) is 5.50. The van der Waals surface area contributed by atoms with E-state index in [1.807, 2.05) is 37.4 Å². The molecule has 0 saturated carbocycles. The molecule has 3 aromatic rings. The molecule has 0 spiro atoms. The fourth-order valence-corrected chi connectivity index (χ4v) is 5.09. The zero-order valence-corrected chi connectivity index (χ0v) is 21.4. The Balaban J connectivity index is 1.63. The predicted molar refractivity (Wildman–Crippen MR) is 138 cm³/mol. The van der Waals surface area contributed by atoms with Crippen LogP contribution in [0.25, 0.3) is 22.3 Å². The summed E-state index contributed by atoms with van der Waals surface area (Å²) in [5, 5.41) is 7.61. The molecule has 2 aromatic heterocycles. The summed E-state index contributed by atoms with van der Waals surface area (Å²) < 4.78 is 12.2. The number of thiazole rings is 1. The van der Waals surface area contributed by atoms with E-state index in [2.05, 4.69) is 24.1 Å². The Bertz CT molecular complexity index is 1080. The maximum atomic E-state index is 6.82. The molecule has 1 aromatic carbocycles. The van der Waals surface area contributed by atoms with Crippen molar-refractivity contribution in [3.05, 3.63) is 28.6 Å². The lowest BCUT2D eigenvalue weighted by molar-refractivity contribution is 0.183. The third kappa shape index (κ3) is 6.08. The van der Waals surface area contributed by atoms with E-state index in [0.29, 0.717) is 28.9 Å². The molecular formula is C25H33ClN4O2S. The fraction of sp³-hybridized carbons (Fsp3) is 0.520. The molecule has 0 unspecified atom stereocenters. The number of ether oxygens (including phenoxy) is 2. The summed E-state index contributed by atoms with van der Waals surface area (Å²) in [5.41, 5.74) is 2.20. The van der Waals surface area contributed by atoms with Crippen LogP contribution in [0.15, 0.2) is 23.6 Å². The van der Waals surface area contributed by atoms with Crippen molar-refractivity contribution < 1.29 is 9.47 Å². The third-order valence-corrected chi connectivity index (χ3v) is 6.64. The van der Waals surface area contributed by atoms with Gasteiger partial charge < -0.3 is 14.8 Å². The van der Waals surface area contributed by atoms with E-state index in [-0.39, 0.29) is 6.10 Å². The van der Waals surface area contributed by atoms with Crippen molar-refractivity contribution in [1.29, 1.82) is 0 Å². The van der Waals surface area contributed by atoms with Crippen LogP contribution in [0.5, 0.6) is 11.5 Å². The highest BCUT2D eigenvalue weighted by Gasteiger charge is 2.18. The van der Waals surface area contributed by atoms with Gasteiger partial charge in [0.1, 0.15) is 28.8 Å². The number of hydrogen-bond donors (Lipinski definition) is 1. The van der Waals surface area contributed by atoms with Crippen molar-refractivity contribution >= 4 is 39.0 Å². The largest absolute Gasteiger partial charge is 0.491 e. The second-order valence-electron chi connectivity index (χ2n) is 9.03. The van der Waals surface area contributed by atoms with Gasteiger partial charge >= 0.3 is 0 Å². The molecule has 0 amide bonds. The maximum absolute atomic E-state index is 6.82. The van der Waals surface area contributed by atoms with Gasteiger partial charge in [-0.3, -0.25) is 4.90 Å². The van der Waals surface area contributed by atoms with Crippen LogP contribution in [0, 0.1) is 0 Å². The van der Waals surface area contributed by atoms with Crippen LogP contribution in [-0.2, 0) is 0 Å². The van der Waals surface area contributed by atoms with Gasteiger partial charge in [0.2, 0.25) is 0 Å².